The van der Waals surface area contributed by atoms with E-state index in [9.17, 15) is 14.7 Å². The van der Waals surface area contributed by atoms with Crippen LogP contribution in [-0.4, -0.2) is 53.8 Å². The van der Waals surface area contributed by atoms with Crippen molar-refractivity contribution in [3.63, 3.8) is 0 Å². The highest BCUT2D eigenvalue weighted by atomic mass is 16.5. The number of allylic oxidation sites excluding steroid dienone is 1. The molecule has 1 aliphatic rings. The van der Waals surface area contributed by atoms with E-state index in [1.54, 1.807) is 20.1 Å². The third-order valence-electron chi connectivity index (χ3n) is 5.50. The molecule has 0 saturated carbocycles. The molecule has 2 rings (SSSR count). The first-order chi connectivity index (χ1) is 14.8. The largest absolute Gasteiger partial charge is 0.493 e. The molecule has 0 aliphatic carbocycles. The molecule has 7 nitrogen and oxygen atoms in total. The number of nitrogens with one attached hydrogen (secondary N) is 1. The maximum absolute atomic E-state index is 12.8. The van der Waals surface area contributed by atoms with Crippen LogP contribution >= 0.6 is 0 Å². The van der Waals surface area contributed by atoms with Crippen LogP contribution in [0, 0.1) is 0 Å². The fraction of sp³-hybridized carbons (Fsp3) is 0.583. The van der Waals surface area contributed by atoms with Crippen LogP contribution in [0.25, 0.3) is 6.08 Å². The third kappa shape index (κ3) is 6.72. The Bertz CT molecular complexity index is 779. The Morgan fingerprint density at radius 3 is 2.61 bits per heavy atom. The molecule has 0 spiro atoms. The average Bonchev–Trinajstić information content (AvgIpc) is 2.96. The molecule has 1 aliphatic heterocycles. The van der Waals surface area contributed by atoms with Gasteiger partial charge in [-0.05, 0) is 38.0 Å². The minimum absolute atomic E-state index is 0.0654. The molecule has 0 radical (unpaired) electrons. The fourth-order valence-electron chi connectivity index (χ4n) is 3.71. The Morgan fingerprint density at radius 1 is 1.19 bits per heavy atom. The monoisotopic (exact) mass is 432 g/mol. The molecule has 172 valence electrons. The van der Waals surface area contributed by atoms with Crippen molar-refractivity contribution in [1.82, 2.24) is 10.2 Å². The number of hydrogen-bond donors (Lipinski definition) is 2. The lowest BCUT2D eigenvalue weighted by atomic mass is 9.94. The topological polar surface area (TPSA) is 88.1 Å². The molecular weight excluding hydrogens is 396 g/mol. The van der Waals surface area contributed by atoms with Crippen LogP contribution in [0.3, 0.4) is 0 Å². The van der Waals surface area contributed by atoms with Gasteiger partial charge >= 0.3 is 6.03 Å². The van der Waals surface area contributed by atoms with E-state index in [0.717, 1.165) is 36.1 Å². The van der Waals surface area contributed by atoms with Crippen molar-refractivity contribution in [3.8, 4) is 11.5 Å². The molecule has 1 fully saturated rings. The number of aliphatic hydroxyl groups excluding tert-OH is 1. The average molecular weight is 433 g/mol. The van der Waals surface area contributed by atoms with Crippen LogP contribution in [0.4, 0.5) is 4.79 Å². The summed E-state index contributed by atoms with van der Waals surface area (Å²) >= 11 is 0. The molecule has 2 atom stereocenters. The second-order valence-electron chi connectivity index (χ2n) is 8.22. The summed E-state index contributed by atoms with van der Waals surface area (Å²) < 4.78 is 11.0. The molecule has 7 heteroatoms. The summed E-state index contributed by atoms with van der Waals surface area (Å²) in [6, 6.07) is 5.02. The Morgan fingerprint density at radius 2 is 1.94 bits per heavy atom. The van der Waals surface area contributed by atoms with Gasteiger partial charge in [-0.2, -0.15) is 0 Å². The number of nitrogens with zero attached hydrogens (tertiary/aromatic N) is 1. The van der Waals surface area contributed by atoms with E-state index in [-0.39, 0.29) is 19.1 Å². The molecule has 0 bridgehead atoms. The highest BCUT2D eigenvalue weighted by Crippen LogP contribution is 2.29. The lowest BCUT2D eigenvalue weighted by molar-refractivity contribution is -0.132. The normalized spacial score (nSPS) is 19.7. The number of carbonyl (C=O) groups excluding carboxylic acids is 2. The van der Waals surface area contributed by atoms with Crippen LogP contribution < -0.4 is 14.8 Å². The molecule has 1 aromatic carbocycles. The van der Waals surface area contributed by atoms with E-state index in [0.29, 0.717) is 17.9 Å². The molecule has 0 aromatic heterocycles. The Balaban J connectivity index is 1.89. The van der Waals surface area contributed by atoms with E-state index in [2.05, 4.69) is 12.2 Å². The summed E-state index contributed by atoms with van der Waals surface area (Å²) in [6.07, 6.45) is 8.85. The number of methoxy groups -OCH3 is 1. The van der Waals surface area contributed by atoms with E-state index in [4.69, 9.17) is 9.47 Å². The highest BCUT2D eigenvalue weighted by Gasteiger charge is 2.47. The van der Waals surface area contributed by atoms with Crippen LogP contribution in [0.1, 0.15) is 64.9 Å². The lowest BCUT2D eigenvalue weighted by Crippen LogP contribution is -2.45. The SMILES string of the molecule is CC=Cc1ccc(OCC(O)CN2C(=O)NC(C)(CCCCCCC)C2=O)c(OC)c1. The first-order valence-corrected chi connectivity index (χ1v) is 11.1. The first kappa shape index (κ1) is 24.7. The van der Waals surface area contributed by atoms with Gasteiger partial charge < -0.3 is 19.9 Å². The zero-order valence-corrected chi connectivity index (χ0v) is 19.1. The molecule has 2 N–H and O–H groups in total. The summed E-state index contributed by atoms with van der Waals surface area (Å²) in [5.74, 6) is 0.748. The minimum atomic E-state index is -1.01. The van der Waals surface area contributed by atoms with Crippen molar-refractivity contribution in [2.45, 2.75) is 70.9 Å². The standard InChI is InChI=1S/C24H36N2O5/c1-5-7-8-9-10-14-24(3)22(28)26(23(29)25-24)16-19(27)17-31-20-13-12-18(11-6-2)15-21(20)30-4/h6,11-13,15,19,27H,5,7-10,14,16-17H2,1-4H3,(H,25,29). The van der Waals surface area contributed by atoms with Gasteiger partial charge in [-0.15, -0.1) is 0 Å². The maximum atomic E-state index is 12.8. The lowest BCUT2D eigenvalue weighted by Gasteiger charge is -2.22. The first-order valence-electron chi connectivity index (χ1n) is 11.1. The summed E-state index contributed by atoms with van der Waals surface area (Å²) in [5, 5.41) is 13.2. The number of amides is 3. The van der Waals surface area contributed by atoms with Crippen molar-refractivity contribution in [2.75, 3.05) is 20.3 Å². The molecule has 2 unspecified atom stereocenters. The Labute approximate surface area is 185 Å². The van der Waals surface area contributed by atoms with E-state index in [1.807, 2.05) is 31.2 Å². The molecule has 1 saturated heterocycles. The van der Waals surface area contributed by atoms with Gasteiger partial charge in [0.15, 0.2) is 11.5 Å². The van der Waals surface area contributed by atoms with E-state index < -0.39 is 17.7 Å². The second kappa shape index (κ2) is 11.7. The number of hydrogen-bond acceptors (Lipinski definition) is 5. The van der Waals surface area contributed by atoms with Crippen molar-refractivity contribution in [3.05, 3.63) is 29.8 Å². The number of unbranched alkanes of at least 4 members (excludes halogenated alkanes) is 4. The van der Waals surface area contributed by atoms with Gasteiger partial charge in [-0.1, -0.05) is 57.2 Å². The van der Waals surface area contributed by atoms with Gasteiger partial charge in [0.2, 0.25) is 0 Å². The zero-order chi connectivity index (χ0) is 22.9. The van der Waals surface area contributed by atoms with Crippen molar-refractivity contribution >= 4 is 18.0 Å². The van der Waals surface area contributed by atoms with Gasteiger partial charge in [0.1, 0.15) is 18.2 Å². The zero-order valence-electron chi connectivity index (χ0n) is 19.1. The Kier molecular flexibility index (Phi) is 9.37. The smallest absolute Gasteiger partial charge is 0.325 e. The van der Waals surface area contributed by atoms with Crippen LogP contribution in [0.15, 0.2) is 24.3 Å². The van der Waals surface area contributed by atoms with Gasteiger partial charge in [0.05, 0.1) is 13.7 Å². The number of β-amino-alcohol motifs (C(OH)–C–C–N with tert-alkyl or cyclic N) is 1. The van der Waals surface area contributed by atoms with Gasteiger partial charge in [-0.3, -0.25) is 9.69 Å². The predicted octanol–water partition coefficient (Wildman–Crippen LogP) is 4.14. The van der Waals surface area contributed by atoms with Gasteiger partial charge in [0.25, 0.3) is 5.91 Å². The number of imide groups is 1. The van der Waals surface area contributed by atoms with Crippen LogP contribution in [-0.2, 0) is 4.79 Å². The summed E-state index contributed by atoms with van der Waals surface area (Å²) in [4.78, 5) is 26.3. The number of benzene rings is 1. The number of carbonyl (C=O) groups is 2. The van der Waals surface area contributed by atoms with E-state index in [1.165, 1.54) is 6.42 Å². The number of ether oxygens (including phenoxy) is 2. The molecule has 1 heterocycles. The number of rotatable bonds is 13. The summed E-state index contributed by atoms with van der Waals surface area (Å²) in [7, 11) is 1.55. The second-order valence-corrected chi connectivity index (χ2v) is 8.22. The molecule has 31 heavy (non-hydrogen) atoms. The van der Waals surface area contributed by atoms with Crippen LogP contribution in [0.2, 0.25) is 0 Å². The summed E-state index contributed by atoms with van der Waals surface area (Å²) in [5.41, 5.74) is 0.0657. The predicted molar refractivity (Wildman–Crippen MR) is 121 cm³/mol. The van der Waals surface area contributed by atoms with Gasteiger partial charge in [0, 0.05) is 0 Å². The summed E-state index contributed by atoms with van der Waals surface area (Å²) in [6.45, 7) is 5.66. The Hall–Kier alpha value is -2.54. The third-order valence-corrected chi connectivity index (χ3v) is 5.50. The van der Waals surface area contributed by atoms with Crippen LogP contribution in [0.5, 0.6) is 11.5 Å². The fourth-order valence-corrected chi connectivity index (χ4v) is 3.71. The molecule has 1 aromatic rings. The van der Waals surface area contributed by atoms with Crippen molar-refractivity contribution in [1.29, 1.82) is 0 Å². The van der Waals surface area contributed by atoms with Gasteiger partial charge in [-0.25, -0.2) is 4.79 Å². The number of aliphatic hydroxyl groups is 1. The quantitative estimate of drug-likeness (QED) is 0.361. The minimum Gasteiger partial charge on any atom is -0.493 e. The number of urea groups is 1. The maximum Gasteiger partial charge on any atom is 0.325 e. The van der Waals surface area contributed by atoms with E-state index >= 15 is 0 Å². The molecular formula is C24H36N2O5. The molecule has 3 amide bonds. The van der Waals surface area contributed by atoms with Crippen molar-refractivity contribution < 1.29 is 24.2 Å². The highest BCUT2D eigenvalue weighted by molar-refractivity contribution is 6.06. The van der Waals surface area contributed by atoms with Crippen molar-refractivity contribution in [2.24, 2.45) is 0 Å².